The van der Waals surface area contributed by atoms with E-state index in [4.69, 9.17) is 4.43 Å². The Morgan fingerprint density at radius 3 is 2.12 bits per heavy atom. The van der Waals surface area contributed by atoms with Gasteiger partial charge in [-0.2, -0.15) is 0 Å². The summed E-state index contributed by atoms with van der Waals surface area (Å²) >= 11 is 0. The van der Waals surface area contributed by atoms with Crippen molar-refractivity contribution in [1.82, 2.24) is 0 Å². The lowest BCUT2D eigenvalue weighted by Gasteiger charge is -2.28. The zero-order chi connectivity index (χ0) is 12.4. The first kappa shape index (κ1) is 15.2. The third kappa shape index (κ3) is 4.79. The fourth-order valence-electron chi connectivity index (χ4n) is 1.67. The lowest BCUT2D eigenvalue weighted by Crippen LogP contribution is -2.35. The standard InChI is InChI=1S/C13H24O2Si/c1-5-9-10-11-13(12-14)15-16(6-2,7-3)8-4/h5,11-12H,1,6-10H2,2-4H3/b13-11-. The first-order chi connectivity index (χ1) is 7.67. The first-order valence-corrected chi connectivity index (χ1v) is 8.66. The molecule has 0 aliphatic rings. The van der Waals surface area contributed by atoms with Crippen LogP contribution in [0.25, 0.3) is 0 Å². The predicted molar refractivity (Wildman–Crippen MR) is 71.9 cm³/mol. The highest BCUT2D eigenvalue weighted by molar-refractivity contribution is 6.74. The summed E-state index contributed by atoms with van der Waals surface area (Å²) in [6.07, 6.45) is 6.30. The fourth-order valence-corrected chi connectivity index (χ4v) is 4.24. The molecule has 0 fully saturated rings. The summed E-state index contributed by atoms with van der Waals surface area (Å²) in [7, 11) is -1.69. The Labute approximate surface area is 101 Å². The molecular formula is C13H24O2Si. The normalized spacial score (nSPS) is 12.3. The van der Waals surface area contributed by atoms with Gasteiger partial charge in [0.15, 0.2) is 6.29 Å². The number of aldehydes is 1. The lowest BCUT2D eigenvalue weighted by molar-refractivity contribution is -0.106. The van der Waals surface area contributed by atoms with Crippen molar-refractivity contribution >= 4 is 14.6 Å². The molecule has 0 N–H and O–H groups in total. The van der Waals surface area contributed by atoms with E-state index in [0.717, 1.165) is 37.3 Å². The highest BCUT2D eigenvalue weighted by atomic mass is 28.4. The zero-order valence-electron chi connectivity index (χ0n) is 10.8. The van der Waals surface area contributed by atoms with Gasteiger partial charge in [0.25, 0.3) is 8.32 Å². The Balaban J connectivity index is 4.54. The van der Waals surface area contributed by atoms with Crippen molar-refractivity contribution in [3.8, 4) is 0 Å². The second kappa shape index (κ2) is 8.33. The van der Waals surface area contributed by atoms with Crippen LogP contribution in [-0.2, 0) is 9.22 Å². The van der Waals surface area contributed by atoms with Crippen LogP contribution in [0.2, 0.25) is 18.1 Å². The largest absolute Gasteiger partial charge is 0.542 e. The molecule has 0 aromatic rings. The van der Waals surface area contributed by atoms with Crippen LogP contribution in [0.4, 0.5) is 0 Å². The minimum atomic E-state index is -1.69. The van der Waals surface area contributed by atoms with Crippen LogP contribution in [0, 0.1) is 0 Å². The summed E-state index contributed by atoms with van der Waals surface area (Å²) in [6.45, 7) is 10.1. The van der Waals surface area contributed by atoms with Gasteiger partial charge in [-0.15, -0.1) is 6.58 Å². The topological polar surface area (TPSA) is 26.3 Å². The smallest absolute Gasteiger partial charge is 0.250 e. The highest BCUT2D eigenvalue weighted by Gasteiger charge is 2.31. The number of carbonyl (C=O) groups is 1. The molecule has 0 aromatic heterocycles. The Morgan fingerprint density at radius 2 is 1.75 bits per heavy atom. The molecule has 0 saturated heterocycles. The summed E-state index contributed by atoms with van der Waals surface area (Å²) in [4.78, 5) is 10.9. The molecule has 0 heterocycles. The van der Waals surface area contributed by atoms with Gasteiger partial charge in [-0.25, -0.2) is 0 Å². The van der Waals surface area contributed by atoms with E-state index in [0.29, 0.717) is 5.76 Å². The second-order valence-electron chi connectivity index (χ2n) is 3.94. The van der Waals surface area contributed by atoms with Gasteiger partial charge in [-0.05, 0) is 37.0 Å². The van der Waals surface area contributed by atoms with Crippen molar-refractivity contribution in [2.75, 3.05) is 0 Å². The van der Waals surface area contributed by atoms with E-state index in [9.17, 15) is 4.79 Å². The summed E-state index contributed by atoms with van der Waals surface area (Å²) < 4.78 is 5.98. The van der Waals surface area contributed by atoms with Crippen LogP contribution in [0.1, 0.15) is 33.6 Å². The molecule has 0 aliphatic heterocycles. The molecule has 0 aromatic carbocycles. The van der Waals surface area contributed by atoms with Gasteiger partial charge in [0, 0.05) is 0 Å². The Kier molecular flexibility index (Phi) is 7.90. The minimum absolute atomic E-state index is 0.527. The number of allylic oxidation sites excluding steroid dienone is 3. The Bertz CT molecular complexity index is 234. The van der Waals surface area contributed by atoms with E-state index < -0.39 is 8.32 Å². The van der Waals surface area contributed by atoms with E-state index >= 15 is 0 Å². The summed E-state index contributed by atoms with van der Waals surface area (Å²) in [5, 5.41) is 0. The fraction of sp³-hybridized carbons (Fsp3) is 0.615. The third-order valence-corrected chi connectivity index (χ3v) is 7.63. The second-order valence-corrected chi connectivity index (χ2v) is 8.63. The van der Waals surface area contributed by atoms with Crippen LogP contribution in [0.3, 0.4) is 0 Å². The third-order valence-electron chi connectivity index (χ3n) is 3.10. The molecule has 3 heteroatoms. The maximum absolute atomic E-state index is 10.9. The van der Waals surface area contributed by atoms with Gasteiger partial charge < -0.3 is 4.43 Å². The van der Waals surface area contributed by atoms with Crippen LogP contribution >= 0.6 is 0 Å². The van der Waals surface area contributed by atoms with Crippen molar-refractivity contribution in [3.05, 3.63) is 24.5 Å². The van der Waals surface area contributed by atoms with Crippen LogP contribution in [-0.4, -0.2) is 14.6 Å². The average Bonchev–Trinajstić information content (AvgIpc) is 2.34. The Hall–Kier alpha value is -0.833. The van der Waals surface area contributed by atoms with Gasteiger partial charge in [0.05, 0.1) is 0 Å². The number of hydrogen-bond acceptors (Lipinski definition) is 2. The average molecular weight is 240 g/mol. The number of rotatable bonds is 9. The molecule has 0 spiro atoms. The van der Waals surface area contributed by atoms with Crippen molar-refractivity contribution < 1.29 is 9.22 Å². The zero-order valence-corrected chi connectivity index (χ0v) is 11.8. The molecule has 0 amide bonds. The minimum Gasteiger partial charge on any atom is -0.542 e. The molecule has 0 atom stereocenters. The quantitative estimate of drug-likeness (QED) is 0.152. The molecule has 0 aliphatic carbocycles. The first-order valence-electron chi connectivity index (χ1n) is 6.13. The van der Waals surface area contributed by atoms with E-state index in [-0.39, 0.29) is 0 Å². The van der Waals surface area contributed by atoms with Crippen molar-refractivity contribution in [2.45, 2.75) is 51.7 Å². The monoisotopic (exact) mass is 240 g/mol. The van der Waals surface area contributed by atoms with Crippen molar-refractivity contribution in [2.24, 2.45) is 0 Å². The summed E-state index contributed by atoms with van der Waals surface area (Å²) in [6, 6.07) is 3.19. The molecule has 0 rings (SSSR count). The van der Waals surface area contributed by atoms with Gasteiger partial charge in [0.2, 0.25) is 0 Å². The molecule has 2 nitrogen and oxygen atoms in total. The maximum atomic E-state index is 10.9. The number of unbranched alkanes of at least 4 members (excludes halogenated alkanes) is 1. The molecule has 0 saturated carbocycles. The molecule has 16 heavy (non-hydrogen) atoms. The van der Waals surface area contributed by atoms with Gasteiger partial charge >= 0.3 is 0 Å². The lowest BCUT2D eigenvalue weighted by atomic mass is 10.3. The predicted octanol–water partition coefficient (Wildman–Crippen LogP) is 4.06. The van der Waals surface area contributed by atoms with Crippen molar-refractivity contribution in [1.29, 1.82) is 0 Å². The number of hydrogen-bond donors (Lipinski definition) is 0. The van der Waals surface area contributed by atoms with E-state index in [1.807, 2.05) is 12.2 Å². The molecule has 0 bridgehead atoms. The van der Waals surface area contributed by atoms with Gasteiger partial charge in [0.1, 0.15) is 5.76 Å². The van der Waals surface area contributed by atoms with Crippen LogP contribution in [0.5, 0.6) is 0 Å². The molecule has 0 radical (unpaired) electrons. The van der Waals surface area contributed by atoms with Gasteiger partial charge in [-0.3, -0.25) is 4.79 Å². The SMILES string of the molecule is C=CCC/C=C(/C=O)O[Si](CC)(CC)CC. The molecule has 0 unspecified atom stereocenters. The van der Waals surface area contributed by atoms with E-state index in [2.05, 4.69) is 27.4 Å². The Morgan fingerprint density at radius 1 is 1.19 bits per heavy atom. The summed E-state index contributed by atoms with van der Waals surface area (Å²) in [5.74, 6) is 0.527. The van der Waals surface area contributed by atoms with E-state index in [1.165, 1.54) is 0 Å². The maximum Gasteiger partial charge on any atom is 0.250 e. The molecular weight excluding hydrogens is 216 g/mol. The number of carbonyl (C=O) groups excluding carboxylic acids is 1. The van der Waals surface area contributed by atoms with Crippen LogP contribution < -0.4 is 0 Å². The van der Waals surface area contributed by atoms with Crippen LogP contribution in [0.15, 0.2) is 24.5 Å². The summed E-state index contributed by atoms with van der Waals surface area (Å²) in [5.41, 5.74) is 0. The van der Waals surface area contributed by atoms with Gasteiger partial charge in [-0.1, -0.05) is 26.8 Å². The molecule has 92 valence electrons. The van der Waals surface area contributed by atoms with Crippen molar-refractivity contribution in [3.63, 3.8) is 0 Å². The highest BCUT2D eigenvalue weighted by Crippen LogP contribution is 2.24. The van der Waals surface area contributed by atoms with E-state index in [1.54, 1.807) is 0 Å².